The van der Waals surface area contributed by atoms with Crippen LogP contribution in [0.25, 0.3) is 21.5 Å². The molecule has 0 amide bonds. The monoisotopic (exact) mass is 462 g/mol. The van der Waals surface area contributed by atoms with Crippen molar-refractivity contribution in [3.63, 3.8) is 0 Å². The van der Waals surface area contributed by atoms with Crippen molar-refractivity contribution in [2.24, 2.45) is 0 Å². The molecule has 0 aromatic heterocycles. The van der Waals surface area contributed by atoms with E-state index in [0.29, 0.717) is 12.8 Å². The molecule has 0 aliphatic rings. The van der Waals surface area contributed by atoms with Crippen LogP contribution in [0.2, 0.25) is 0 Å². The number of benzene rings is 4. The summed E-state index contributed by atoms with van der Waals surface area (Å²) in [6.45, 7) is 4.33. The van der Waals surface area contributed by atoms with Crippen LogP contribution < -0.4 is 9.47 Å². The third-order valence-electron chi connectivity index (χ3n) is 5.66. The number of rotatable bonds is 10. The van der Waals surface area contributed by atoms with Crippen LogP contribution in [0.1, 0.15) is 26.7 Å². The number of fused-ring (bicyclic) bond motifs is 2. The van der Waals surface area contributed by atoms with Crippen molar-refractivity contribution < 1.29 is 19.7 Å². The SMILES string of the molecule is CCC(O)COc1c2ccccc2c(OCC(O)CC)c2cc(Sc3ccccc3)ccc12. The normalized spacial score (nSPS) is 13.2. The zero-order valence-corrected chi connectivity index (χ0v) is 19.8. The van der Waals surface area contributed by atoms with Gasteiger partial charge < -0.3 is 19.7 Å². The lowest BCUT2D eigenvalue weighted by Crippen LogP contribution is -2.17. The van der Waals surface area contributed by atoms with Crippen LogP contribution in [-0.2, 0) is 0 Å². The van der Waals surface area contributed by atoms with Crippen molar-refractivity contribution in [3.05, 3.63) is 72.8 Å². The Labute approximate surface area is 199 Å². The average molecular weight is 463 g/mol. The van der Waals surface area contributed by atoms with Gasteiger partial charge in [-0.25, -0.2) is 0 Å². The molecule has 4 aromatic carbocycles. The third kappa shape index (κ3) is 5.44. The summed E-state index contributed by atoms with van der Waals surface area (Å²) in [5.41, 5.74) is 0. The molecule has 4 nitrogen and oxygen atoms in total. The second-order valence-corrected chi connectivity index (χ2v) is 9.22. The van der Waals surface area contributed by atoms with E-state index < -0.39 is 12.2 Å². The summed E-state index contributed by atoms with van der Waals surface area (Å²) in [5, 5.41) is 24.0. The molecule has 0 aliphatic heterocycles. The number of ether oxygens (including phenoxy) is 2. The highest BCUT2D eigenvalue weighted by Gasteiger charge is 2.18. The van der Waals surface area contributed by atoms with E-state index in [0.717, 1.165) is 42.8 Å². The zero-order valence-electron chi connectivity index (χ0n) is 19.0. The second kappa shape index (κ2) is 10.9. The minimum atomic E-state index is -0.531. The Hall–Kier alpha value is -2.73. The van der Waals surface area contributed by atoms with E-state index in [1.54, 1.807) is 11.8 Å². The van der Waals surface area contributed by atoms with Crippen LogP contribution in [0, 0.1) is 0 Å². The highest BCUT2D eigenvalue weighted by molar-refractivity contribution is 7.99. The standard InChI is InChI=1S/C28H30O4S/c1-3-19(29)17-31-27-23-12-8-9-13-24(23)28(32-18-20(30)4-2)26-16-22(14-15-25(26)27)33-21-10-6-5-7-11-21/h5-16,19-20,29-30H,3-4,17-18H2,1-2H3. The van der Waals surface area contributed by atoms with Crippen molar-refractivity contribution in [2.75, 3.05) is 13.2 Å². The minimum absolute atomic E-state index is 0.223. The maximum Gasteiger partial charge on any atom is 0.135 e. The van der Waals surface area contributed by atoms with Crippen molar-refractivity contribution in [3.8, 4) is 11.5 Å². The first-order valence-corrected chi connectivity index (χ1v) is 12.3. The average Bonchev–Trinajstić information content (AvgIpc) is 2.86. The first kappa shape index (κ1) is 23.4. The van der Waals surface area contributed by atoms with Crippen LogP contribution in [0.4, 0.5) is 0 Å². The van der Waals surface area contributed by atoms with Gasteiger partial charge in [-0.1, -0.05) is 68.1 Å². The van der Waals surface area contributed by atoms with Gasteiger partial charge in [-0.3, -0.25) is 0 Å². The third-order valence-corrected chi connectivity index (χ3v) is 6.66. The summed E-state index contributed by atoms with van der Waals surface area (Å²) in [5.74, 6) is 1.49. The lowest BCUT2D eigenvalue weighted by atomic mass is 10.0. The molecule has 33 heavy (non-hydrogen) atoms. The molecule has 5 heteroatoms. The van der Waals surface area contributed by atoms with E-state index in [4.69, 9.17) is 9.47 Å². The van der Waals surface area contributed by atoms with Gasteiger partial charge in [0.15, 0.2) is 0 Å². The highest BCUT2D eigenvalue weighted by Crippen LogP contribution is 2.44. The first-order chi connectivity index (χ1) is 16.1. The molecule has 0 radical (unpaired) electrons. The van der Waals surface area contributed by atoms with E-state index >= 15 is 0 Å². The number of aliphatic hydroxyl groups excluding tert-OH is 2. The molecule has 0 spiro atoms. The van der Waals surface area contributed by atoms with Crippen molar-refractivity contribution >= 4 is 33.3 Å². The quantitative estimate of drug-likeness (QED) is 0.266. The lowest BCUT2D eigenvalue weighted by Gasteiger charge is -2.20. The minimum Gasteiger partial charge on any atom is -0.490 e. The molecule has 2 N–H and O–H groups in total. The molecule has 0 aliphatic carbocycles. The molecule has 172 valence electrons. The maximum absolute atomic E-state index is 10.2. The van der Waals surface area contributed by atoms with Gasteiger partial charge in [-0.2, -0.15) is 0 Å². The summed E-state index contributed by atoms with van der Waals surface area (Å²) in [6, 6.07) is 24.5. The van der Waals surface area contributed by atoms with Crippen LogP contribution >= 0.6 is 11.8 Å². The Bertz CT molecular complexity index is 1210. The van der Waals surface area contributed by atoms with Gasteiger partial charge in [0.1, 0.15) is 24.7 Å². The molecular formula is C28H30O4S. The molecule has 4 rings (SSSR count). The summed E-state index contributed by atoms with van der Waals surface area (Å²) in [7, 11) is 0. The van der Waals surface area contributed by atoms with Crippen molar-refractivity contribution in [1.82, 2.24) is 0 Å². The van der Waals surface area contributed by atoms with Gasteiger partial charge in [0.05, 0.1) is 12.2 Å². The second-order valence-electron chi connectivity index (χ2n) is 8.07. The number of hydrogen-bond donors (Lipinski definition) is 2. The summed E-state index contributed by atoms with van der Waals surface area (Å²) in [6.07, 6.45) is 0.198. The molecule has 2 unspecified atom stereocenters. The Morgan fingerprint density at radius 1 is 0.636 bits per heavy atom. The fourth-order valence-electron chi connectivity index (χ4n) is 3.67. The molecule has 0 bridgehead atoms. The number of hydrogen-bond acceptors (Lipinski definition) is 5. The van der Waals surface area contributed by atoms with E-state index in [1.165, 1.54) is 0 Å². The van der Waals surface area contributed by atoms with Gasteiger partial charge in [-0.15, -0.1) is 0 Å². The first-order valence-electron chi connectivity index (χ1n) is 11.4. The highest BCUT2D eigenvalue weighted by atomic mass is 32.2. The fraction of sp³-hybridized carbons (Fsp3) is 0.286. The van der Waals surface area contributed by atoms with Crippen LogP contribution in [0.15, 0.2) is 82.6 Å². The van der Waals surface area contributed by atoms with Crippen LogP contribution in [0.3, 0.4) is 0 Å². The summed E-state index contributed by atoms with van der Waals surface area (Å²) >= 11 is 1.69. The molecule has 0 fully saturated rings. The predicted molar refractivity (Wildman–Crippen MR) is 136 cm³/mol. The van der Waals surface area contributed by atoms with E-state index in [-0.39, 0.29) is 13.2 Å². The molecule has 2 atom stereocenters. The largest absolute Gasteiger partial charge is 0.490 e. The Balaban J connectivity index is 1.87. The van der Waals surface area contributed by atoms with Gasteiger partial charge in [0, 0.05) is 31.3 Å². The maximum atomic E-state index is 10.2. The van der Waals surface area contributed by atoms with E-state index in [2.05, 4.69) is 30.3 Å². The Morgan fingerprint density at radius 3 is 1.73 bits per heavy atom. The van der Waals surface area contributed by atoms with Crippen LogP contribution in [0.5, 0.6) is 11.5 Å². The number of aliphatic hydroxyl groups is 2. The summed E-state index contributed by atoms with van der Waals surface area (Å²) in [4.78, 5) is 2.24. The predicted octanol–water partition coefficient (Wildman–Crippen LogP) is 6.44. The van der Waals surface area contributed by atoms with Gasteiger partial charge in [0.2, 0.25) is 0 Å². The molecule has 4 aromatic rings. The molecular weight excluding hydrogens is 432 g/mol. The molecule has 0 saturated carbocycles. The summed E-state index contributed by atoms with van der Waals surface area (Å²) < 4.78 is 12.4. The van der Waals surface area contributed by atoms with Gasteiger partial charge >= 0.3 is 0 Å². The van der Waals surface area contributed by atoms with E-state index in [1.807, 2.05) is 56.3 Å². The lowest BCUT2D eigenvalue weighted by molar-refractivity contribution is 0.105. The Kier molecular flexibility index (Phi) is 7.76. The fourth-order valence-corrected chi connectivity index (χ4v) is 4.55. The van der Waals surface area contributed by atoms with E-state index in [9.17, 15) is 10.2 Å². The van der Waals surface area contributed by atoms with Crippen molar-refractivity contribution in [1.29, 1.82) is 0 Å². The zero-order chi connectivity index (χ0) is 23.2. The topological polar surface area (TPSA) is 58.9 Å². The van der Waals surface area contributed by atoms with Gasteiger partial charge in [0.25, 0.3) is 0 Å². The Morgan fingerprint density at radius 2 is 1.15 bits per heavy atom. The van der Waals surface area contributed by atoms with Crippen molar-refractivity contribution in [2.45, 2.75) is 48.7 Å². The molecule has 0 saturated heterocycles. The van der Waals surface area contributed by atoms with Crippen LogP contribution in [-0.4, -0.2) is 35.6 Å². The molecule has 0 heterocycles. The smallest absolute Gasteiger partial charge is 0.135 e. The van der Waals surface area contributed by atoms with Gasteiger partial charge in [-0.05, 0) is 43.2 Å².